The number of carbonyl (C=O) groups is 2. The molecule has 0 aromatic heterocycles. The fraction of sp³-hybridized carbons (Fsp3) is 0.474. The Hall–Kier alpha value is -2.81. The molecule has 3 unspecified atom stereocenters. The lowest BCUT2D eigenvalue weighted by molar-refractivity contribution is -0.144. The second-order valence-corrected chi connectivity index (χ2v) is 8.60. The average molecular weight is 439 g/mol. The van der Waals surface area contributed by atoms with Crippen molar-refractivity contribution in [3.8, 4) is 17.6 Å². The molecule has 30 heavy (non-hydrogen) atoms. The molecule has 1 aliphatic rings. The minimum absolute atomic E-state index is 0.0206. The van der Waals surface area contributed by atoms with E-state index in [2.05, 4.69) is 17.2 Å². The molecule has 0 spiro atoms. The van der Waals surface area contributed by atoms with Crippen molar-refractivity contribution in [3.05, 3.63) is 24.3 Å². The maximum atomic E-state index is 13.0. The number of nitrogens with one attached hydrogen (secondary N) is 1. The lowest BCUT2D eigenvalue weighted by Crippen LogP contribution is -2.63. The van der Waals surface area contributed by atoms with Gasteiger partial charge >= 0.3 is 12.1 Å². The first-order chi connectivity index (χ1) is 14.1. The van der Waals surface area contributed by atoms with E-state index in [1.807, 2.05) is 6.92 Å². The molecule has 1 aromatic carbocycles. The predicted octanol–water partition coefficient (Wildman–Crippen LogP) is 0.503. The second-order valence-electron chi connectivity index (χ2n) is 6.71. The van der Waals surface area contributed by atoms with Crippen LogP contribution < -0.4 is 10.1 Å². The standard InChI is InChI=1S/C19H25N3O7S/c1-13(20-3)5-4-12-29-15-6-8-16(9-7-15)30(27,28)22-11-10-21(19(25)26)14(2)17(22)18(23)24/h6-9,13-14,17,20H,10-12H2,1-3H3,(H,23,24)(H,25,26). The lowest BCUT2D eigenvalue weighted by Gasteiger charge is -2.42. The Morgan fingerprint density at radius 3 is 2.43 bits per heavy atom. The van der Waals surface area contributed by atoms with Crippen molar-refractivity contribution in [1.29, 1.82) is 0 Å². The van der Waals surface area contributed by atoms with Crippen LogP contribution in [0.5, 0.6) is 5.75 Å². The smallest absolute Gasteiger partial charge is 0.407 e. The van der Waals surface area contributed by atoms with Crippen molar-refractivity contribution in [2.24, 2.45) is 0 Å². The summed E-state index contributed by atoms with van der Waals surface area (Å²) in [4.78, 5) is 23.8. The number of rotatable bonds is 6. The van der Waals surface area contributed by atoms with Crippen LogP contribution in [0.1, 0.15) is 13.8 Å². The Labute approximate surface area is 175 Å². The van der Waals surface area contributed by atoms with Crippen LogP contribution in [-0.4, -0.2) is 84.8 Å². The van der Waals surface area contributed by atoms with Crippen molar-refractivity contribution >= 4 is 22.1 Å². The summed E-state index contributed by atoms with van der Waals surface area (Å²) in [6.07, 6.45) is -1.29. The van der Waals surface area contributed by atoms with Gasteiger partial charge in [0.15, 0.2) is 0 Å². The van der Waals surface area contributed by atoms with Gasteiger partial charge in [-0.3, -0.25) is 4.79 Å². The summed E-state index contributed by atoms with van der Waals surface area (Å²) < 4.78 is 32.3. The SMILES string of the molecule is CNC(C)C#CCOc1ccc(S(=O)(=O)N2CCN(C(=O)O)C(C)C2C(=O)O)cc1. The van der Waals surface area contributed by atoms with Gasteiger partial charge in [-0.25, -0.2) is 13.2 Å². The number of aliphatic carboxylic acids is 1. The van der Waals surface area contributed by atoms with Crippen LogP contribution in [0, 0.1) is 11.8 Å². The maximum absolute atomic E-state index is 13.0. The molecule has 164 valence electrons. The highest BCUT2D eigenvalue weighted by molar-refractivity contribution is 7.89. The fourth-order valence-electron chi connectivity index (χ4n) is 3.06. The highest BCUT2D eigenvalue weighted by Crippen LogP contribution is 2.26. The molecule has 1 aromatic rings. The Balaban J connectivity index is 2.18. The van der Waals surface area contributed by atoms with E-state index in [0.29, 0.717) is 5.75 Å². The van der Waals surface area contributed by atoms with Gasteiger partial charge < -0.3 is 25.2 Å². The molecule has 1 aliphatic heterocycles. The third kappa shape index (κ3) is 5.21. The number of hydrogen-bond acceptors (Lipinski definition) is 6. The van der Waals surface area contributed by atoms with Crippen molar-refractivity contribution in [1.82, 2.24) is 14.5 Å². The van der Waals surface area contributed by atoms with Gasteiger partial charge in [-0.1, -0.05) is 11.8 Å². The zero-order chi connectivity index (χ0) is 22.5. The molecule has 1 heterocycles. The molecular formula is C19H25N3O7S. The molecule has 0 radical (unpaired) electrons. The molecule has 10 nitrogen and oxygen atoms in total. The molecule has 3 atom stereocenters. The third-order valence-corrected chi connectivity index (χ3v) is 6.71. The summed E-state index contributed by atoms with van der Waals surface area (Å²) in [6.45, 7) is 3.03. The molecule has 0 saturated carbocycles. The van der Waals surface area contributed by atoms with Crippen LogP contribution in [0.25, 0.3) is 0 Å². The van der Waals surface area contributed by atoms with E-state index in [0.717, 1.165) is 9.21 Å². The van der Waals surface area contributed by atoms with Gasteiger partial charge in [0, 0.05) is 13.1 Å². The first-order valence-electron chi connectivity index (χ1n) is 9.22. The number of hydrogen-bond donors (Lipinski definition) is 3. The molecule has 2 rings (SSSR count). The van der Waals surface area contributed by atoms with Crippen LogP contribution in [-0.2, 0) is 14.8 Å². The van der Waals surface area contributed by atoms with Crippen molar-refractivity contribution in [2.45, 2.75) is 36.9 Å². The Morgan fingerprint density at radius 2 is 1.90 bits per heavy atom. The van der Waals surface area contributed by atoms with E-state index in [1.165, 1.54) is 31.2 Å². The highest BCUT2D eigenvalue weighted by Gasteiger charge is 2.46. The van der Waals surface area contributed by atoms with E-state index in [-0.39, 0.29) is 30.6 Å². The summed E-state index contributed by atoms with van der Waals surface area (Å²) in [7, 11) is -2.37. The van der Waals surface area contributed by atoms with Gasteiger partial charge in [-0.15, -0.1) is 0 Å². The van der Waals surface area contributed by atoms with E-state index >= 15 is 0 Å². The van der Waals surface area contributed by atoms with E-state index in [1.54, 1.807) is 7.05 Å². The van der Waals surface area contributed by atoms with Crippen molar-refractivity contribution < 1.29 is 33.0 Å². The summed E-state index contributed by atoms with van der Waals surface area (Å²) in [5.41, 5.74) is 0. The van der Waals surface area contributed by atoms with E-state index in [4.69, 9.17) is 4.74 Å². The number of ether oxygens (including phenoxy) is 1. The molecule has 1 amide bonds. The number of carboxylic acids is 1. The molecular weight excluding hydrogens is 414 g/mol. The van der Waals surface area contributed by atoms with E-state index in [9.17, 15) is 28.2 Å². The largest absolute Gasteiger partial charge is 0.481 e. The lowest BCUT2D eigenvalue weighted by atomic mass is 10.1. The van der Waals surface area contributed by atoms with Gasteiger partial charge in [0.25, 0.3) is 0 Å². The molecule has 0 aliphatic carbocycles. The predicted molar refractivity (Wildman–Crippen MR) is 108 cm³/mol. The van der Waals surface area contributed by atoms with Crippen LogP contribution in [0.3, 0.4) is 0 Å². The molecule has 0 bridgehead atoms. The molecule has 3 N–H and O–H groups in total. The quantitative estimate of drug-likeness (QED) is 0.545. The van der Waals surface area contributed by atoms with Crippen molar-refractivity contribution in [2.75, 3.05) is 26.7 Å². The molecule has 1 fully saturated rings. The molecule has 11 heteroatoms. The van der Waals surface area contributed by atoms with Gasteiger partial charge in [-0.2, -0.15) is 4.31 Å². The van der Waals surface area contributed by atoms with Crippen LogP contribution >= 0.6 is 0 Å². The number of sulfonamides is 1. The Kier molecular flexibility index (Phi) is 7.66. The molecule has 1 saturated heterocycles. The summed E-state index contributed by atoms with van der Waals surface area (Å²) in [5.74, 6) is 4.77. The zero-order valence-corrected chi connectivity index (χ0v) is 17.7. The number of piperazine rings is 1. The zero-order valence-electron chi connectivity index (χ0n) is 16.9. The Morgan fingerprint density at radius 1 is 1.27 bits per heavy atom. The minimum atomic E-state index is -4.15. The number of carboxylic acid groups (broad SMARTS) is 2. The topological polar surface area (TPSA) is 136 Å². The normalized spacial score (nSPS) is 20.7. The number of amides is 1. The van der Waals surface area contributed by atoms with Gasteiger partial charge in [0.1, 0.15) is 18.4 Å². The monoisotopic (exact) mass is 439 g/mol. The third-order valence-electron chi connectivity index (χ3n) is 4.81. The average Bonchev–Trinajstić information content (AvgIpc) is 2.70. The van der Waals surface area contributed by atoms with Crippen LogP contribution in [0.4, 0.5) is 4.79 Å². The Bertz CT molecular complexity index is 937. The number of nitrogens with zero attached hydrogens (tertiary/aromatic N) is 2. The first kappa shape index (κ1) is 23.5. The van der Waals surface area contributed by atoms with Crippen LogP contribution in [0.2, 0.25) is 0 Å². The van der Waals surface area contributed by atoms with Crippen molar-refractivity contribution in [3.63, 3.8) is 0 Å². The second kappa shape index (κ2) is 9.80. The van der Waals surface area contributed by atoms with Crippen LogP contribution in [0.15, 0.2) is 29.2 Å². The summed E-state index contributed by atoms with van der Waals surface area (Å²) in [5, 5.41) is 21.7. The minimum Gasteiger partial charge on any atom is -0.481 e. The fourth-order valence-corrected chi connectivity index (χ4v) is 4.70. The van der Waals surface area contributed by atoms with Gasteiger partial charge in [-0.05, 0) is 45.2 Å². The highest BCUT2D eigenvalue weighted by atomic mass is 32.2. The maximum Gasteiger partial charge on any atom is 0.407 e. The van der Waals surface area contributed by atoms with E-state index < -0.39 is 34.2 Å². The summed E-state index contributed by atoms with van der Waals surface area (Å²) >= 11 is 0. The van der Waals surface area contributed by atoms with Gasteiger partial charge in [0.05, 0.1) is 17.0 Å². The number of benzene rings is 1. The first-order valence-corrected chi connectivity index (χ1v) is 10.7. The van der Waals surface area contributed by atoms with Gasteiger partial charge in [0.2, 0.25) is 10.0 Å². The summed E-state index contributed by atoms with van der Waals surface area (Å²) in [6, 6.07) is 3.02.